The molecular weight excluding hydrogens is 226 g/mol. The van der Waals surface area contributed by atoms with Crippen LogP contribution < -0.4 is 10.5 Å². The molecule has 3 atom stereocenters. The van der Waals surface area contributed by atoms with Gasteiger partial charge in [0.15, 0.2) is 0 Å². The fraction of sp³-hybridized carbons (Fsp3) is 0.600. The Labute approximate surface area is 110 Å². The Morgan fingerprint density at radius 2 is 2.00 bits per heavy atom. The van der Waals surface area contributed by atoms with Crippen LogP contribution in [0.1, 0.15) is 44.2 Å². The SMILES string of the molecule is CCOc1ccc(C(C)CC(O)C(C)N)c(C)c1. The number of benzene rings is 1. The second kappa shape index (κ2) is 6.76. The van der Waals surface area contributed by atoms with Crippen molar-refractivity contribution in [1.82, 2.24) is 0 Å². The molecule has 1 aromatic carbocycles. The molecule has 18 heavy (non-hydrogen) atoms. The molecule has 0 heterocycles. The molecule has 0 bridgehead atoms. The van der Waals surface area contributed by atoms with E-state index in [9.17, 15) is 5.11 Å². The molecule has 0 amide bonds. The van der Waals surface area contributed by atoms with Crippen molar-refractivity contribution in [2.45, 2.75) is 52.2 Å². The lowest BCUT2D eigenvalue weighted by molar-refractivity contribution is 0.134. The zero-order chi connectivity index (χ0) is 13.7. The Morgan fingerprint density at radius 3 is 2.50 bits per heavy atom. The smallest absolute Gasteiger partial charge is 0.119 e. The van der Waals surface area contributed by atoms with E-state index in [1.54, 1.807) is 0 Å². The summed E-state index contributed by atoms with van der Waals surface area (Å²) in [4.78, 5) is 0. The van der Waals surface area contributed by atoms with Crippen molar-refractivity contribution in [3.05, 3.63) is 29.3 Å². The predicted molar refractivity (Wildman–Crippen MR) is 75.0 cm³/mol. The number of rotatable bonds is 6. The van der Waals surface area contributed by atoms with Crippen molar-refractivity contribution < 1.29 is 9.84 Å². The third kappa shape index (κ3) is 4.00. The van der Waals surface area contributed by atoms with Crippen molar-refractivity contribution in [2.24, 2.45) is 5.73 Å². The van der Waals surface area contributed by atoms with Gasteiger partial charge in [0.2, 0.25) is 0 Å². The first kappa shape index (κ1) is 15.0. The zero-order valence-electron chi connectivity index (χ0n) is 11.8. The summed E-state index contributed by atoms with van der Waals surface area (Å²) in [6.07, 6.45) is 0.234. The Kier molecular flexibility index (Phi) is 5.63. The van der Waals surface area contributed by atoms with E-state index in [-0.39, 0.29) is 6.04 Å². The average Bonchev–Trinajstić information content (AvgIpc) is 2.29. The molecule has 102 valence electrons. The van der Waals surface area contributed by atoms with Gasteiger partial charge in [-0.05, 0) is 56.4 Å². The highest BCUT2D eigenvalue weighted by Crippen LogP contribution is 2.27. The lowest BCUT2D eigenvalue weighted by Crippen LogP contribution is -2.32. The van der Waals surface area contributed by atoms with Crippen molar-refractivity contribution in [3.8, 4) is 5.75 Å². The maximum atomic E-state index is 9.84. The molecule has 0 radical (unpaired) electrons. The first-order valence-electron chi connectivity index (χ1n) is 6.62. The molecule has 0 aliphatic carbocycles. The van der Waals surface area contributed by atoms with E-state index in [2.05, 4.69) is 19.9 Å². The van der Waals surface area contributed by atoms with Gasteiger partial charge in [0.05, 0.1) is 12.7 Å². The van der Waals surface area contributed by atoms with Crippen molar-refractivity contribution in [1.29, 1.82) is 0 Å². The topological polar surface area (TPSA) is 55.5 Å². The number of aryl methyl sites for hydroxylation is 1. The van der Waals surface area contributed by atoms with E-state index in [0.717, 1.165) is 5.75 Å². The van der Waals surface area contributed by atoms with Crippen LogP contribution in [0.3, 0.4) is 0 Å². The Hall–Kier alpha value is -1.06. The molecule has 0 saturated carbocycles. The number of aliphatic hydroxyl groups excluding tert-OH is 1. The largest absolute Gasteiger partial charge is 0.494 e. The number of ether oxygens (including phenoxy) is 1. The quantitative estimate of drug-likeness (QED) is 0.817. The van der Waals surface area contributed by atoms with Gasteiger partial charge in [0, 0.05) is 6.04 Å². The van der Waals surface area contributed by atoms with Gasteiger partial charge in [-0.15, -0.1) is 0 Å². The van der Waals surface area contributed by atoms with Crippen LogP contribution in [0.4, 0.5) is 0 Å². The van der Waals surface area contributed by atoms with Crippen molar-refractivity contribution >= 4 is 0 Å². The lowest BCUT2D eigenvalue weighted by atomic mass is 9.90. The maximum Gasteiger partial charge on any atom is 0.119 e. The fourth-order valence-electron chi connectivity index (χ4n) is 2.16. The lowest BCUT2D eigenvalue weighted by Gasteiger charge is -2.21. The Bertz CT molecular complexity index is 377. The minimum atomic E-state index is -0.453. The Balaban J connectivity index is 2.77. The summed E-state index contributed by atoms with van der Waals surface area (Å²) in [7, 11) is 0. The van der Waals surface area contributed by atoms with E-state index in [1.807, 2.05) is 26.0 Å². The zero-order valence-corrected chi connectivity index (χ0v) is 11.8. The van der Waals surface area contributed by atoms with Gasteiger partial charge >= 0.3 is 0 Å². The van der Waals surface area contributed by atoms with Crippen LogP contribution in [-0.4, -0.2) is 23.9 Å². The monoisotopic (exact) mass is 251 g/mol. The van der Waals surface area contributed by atoms with E-state index in [1.165, 1.54) is 11.1 Å². The Morgan fingerprint density at radius 1 is 1.33 bits per heavy atom. The van der Waals surface area contributed by atoms with Gasteiger partial charge in [0.1, 0.15) is 5.75 Å². The predicted octanol–water partition coefficient (Wildman–Crippen LogP) is 2.60. The number of aliphatic hydroxyl groups is 1. The van der Waals surface area contributed by atoms with Gasteiger partial charge in [-0.2, -0.15) is 0 Å². The molecule has 3 unspecified atom stereocenters. The molecule has 1 aromatic rings. The number of hydrogen-bond acceptors (Lipinski definition) is 3. The summed E-state index contributed by atoms with van der Waals surface area (Å²) >= 11 is 0. The molecule has 1 rings (SSSR count). The maximum absolute atomic E-state index is 9.84. The second-order valence-electron chi connectivity index (χ2n) is 5.01. The molecule has 3 N–H and O–H groups in total. The number of nitrogens with two attached hydrogens (primary N) is 1. The van der Waals surface area contributed by atoms with Crippen LogP contribution in [0, 0.1) is 6.92 Å². The second-order valence-corrected chi connectivity index (χ2v) is 5.01. The summed E-state index contributed by atoms with van der Waals surface area (Å²) in [6.45, 7) is 8.69. The van der Waals surface area contributed by atoms with Crippen LogP contribution in [-0.2, 0) is 0 Å². The minimum absolute atomic E-state index is 0.185. The highest BCUT2D eigenvalue weighted by atomic mass is 16.5. The first-order valence-corrected chi connectivity index (χ1v) is 6.62. The van der Waals surface area contributed by atoms with Crippen LogP contribution in [0.15, 0.2) is 18.2 Å². The highest BCUT2D eigenvalue weighted by molar-refractivity contribution is 5.36. The van der Waals surface area contributed by atoms with Crippen LogP contribution in [0.25, 0.3) is 0 Å². The van der Waals surface area contributed by atoms with E-state index in [4.69, 9.17) is 10.5 Å². The third-order valence-electron chi connectivity index (χ3n) is 3.29. The molecule has 3 heteroatoms. The summed E-state index contributed by atoms with van der Waals surface area (Å²) in [5.74, 6) is 1.19. The van der Waals surface area contributed by atoms with Gasteiger partial charge in [-0.3, -0.25) is 0 Å². The summed E-state index contributed by atoms with van der Waals surface area (Å²) in [5, 5.41) is 9.84. The third-order valence-corrected chi connectivity index (χ3v) is 3.29. The molecule has 0 fully saturated rings. The van der Waals surface area contributed by atoms with Crippen molar-refractivity contribution in [3.63, 3.8) is 0 Å². The molecule has 0 aromatic heterocycles. The summed E-state index contributed by atoms with van der Waals surface area (Å²) in [5.41, 5.74) is 8.14. The minimum Gasteiger partial charge on any atom is -0.494 e. The molecule has 0 spiro atoms. The van der Waals surface area contributed by atoms with E-state index >= 15 is 0 Å². The summed E-state index contributed by atoms with van der Waals surface area (Å²) in [6, 6.07) is 5.93. The van der Waals surface area contributed by atoms with Crippen LogP contribution >= 0.6 is 0 Å². The number of hydrogen-bond donors (Lipinski definition) is 2. The summed E-state index contributed by atoms with van der Waals surface area (Å²) < 4.78 is 5.47. The average molecular weight is 251 g/mol. The molecular formula is C15H25NO2. The van der Waals surface area contributed by atoms with Gasteiger partial charge in [-0.25, -0.2) is 0 Å². The fourth-order valence-corrected chi connectivity index (χ4v) is 2.16. The van der Waals surface area contributed by atoms with E-state index < -0.39 is 6.10 Å². The van der Waals surface area contributed by atoms with Gasteiger partial charge in [0.25, 0.3) is 0 Å². The standard InChI is InChI=1S/C15H25NO2/c1-5-18-13-6-7-14(10(2)8-13)11(3)9-15(17)12(4)16/h6-8,11-12,15,17H,5,9,16H2,1-4H3. The highest BCUT2D eigenvalue weighted by Gasteiger charge is 2.17. The van der Waals surface area contributed by atoms with Crippen LogP contribution in [0.5, 0.6) is 5.75 Å². The van der Waals surface area contributed by atoms with E-state index in [0.29, 0.717) is 18.9 Å². The first-order chi connectivity index (χ1) is 8.45. The molecule has 0 aliphatic rings. The molecule has 0 aliphatic heterocycles. The molecule has 3 nitrogen and oxygen atoms in total. The van der Waals surface area contributed by atoms with Crippen molar-refractivity contribution in [2.75, 3.05) is 6.61 Å². The van der Waals surface area contributed by atoms with Crippen LogP contribution in [0.2, 0.25) is 0 Å². The van der Waals surface area contributed by atoms with Gasteiger partial charge < -0.3 is 15.6 Å². The molecule has 0 saturated heterocycles. The normalized spacial score (nSPS) is 16.1. The van der Waals surface area contributed by atoms with Gasteiger partial charge in [-0.1, -0.05) is 13.0 Å².